The molecule has 4 nitrogen and oxygen atoms in total. The molecule has 0 radical (unpaired) electrons. The molecule has 0 saturated carbocycles. The Hall–Kier alpha value is -0.440. The van der Waals surface area contributed by atoms with Crippen molar-refractivity contribution in [1.82, 2.24) is 4.90 Å². The van der Waals surface area contributed by atoms with Crippen molar-refractivity contribution < 1.29 is 22.6 Å². The van der Waals surface area contributed by atoms with Crippen LogP contribution in [-0.2, 0) is 9.47 Å². The van der Waals surface area contributed by atoms with Crippen molar-refractivity contribution in [2.45, 2.75) is 19.1 Å². The van der Waals surface area contributed by atoms with Crippen molar-refractivity contribution in [3.8, 4) is 0 Å². The van der Waals surface area contributed by atoms with Gasteiger partial charge in [-0.2, -0.15) is 13.2 Å². The Morgan fingerprint density at radius 3 is 2.26 bits per heavy atom. The smallest absolute Gasteiger partial charge is 0.393 e. The van der Waals surface area contributed by atoms with Crippen LogP contribution in [0.15, 0.2) is 0 Å². The van der Waals surface area contributed by atoms with Gasteiger partial charge >= 0.3 is 6.18 Å². The summed E-state index contributed by atoms with van der Waals surface area (Å²) < 4.78 is 48.4. The molecule has 2 N–H and O–H groups in total. The summed E-state index contributed by atoms with van der Waals surface area (Å²) in [6.45, 7) is 2.51. The Kier molecular flexibility index (Phi) is 8.47. The molecule has 0 amide bonds. The summed E-state index contributed by atoms with van der Waals surface area (Å²) >= 11 is 4.52. The molecule has 0 aromatic heterocycles. The van der Waals surface area contributed by atoms with Gasteiger partial charge in [0.05, 0.1) is 18.2 Å². The fraction of sp³-hybridized carbons (Fsp3) is 0.909. The maximum atomic E-state index is 12.8. The largest absolute Gasteiger partial charge is 0.399 e. The number of ether oxygens (including phenoxy) is 2. The first-order valence-electron chi connectivity index (χ1n) is 5.82. The van der Waals surface area contributed by atoms with Gasteiger partial charge in [0, 0.05) is 33.4 Å². The van der Waals surface area contributed by atoms with Crippen molar-refractivity contribution in [2.75, 3.05) is 40.5 Å². The fourth-order valence-corrected chi connectivity index (χ4v) is 1.84. The highest BCUT2D eigenvalue weighted by Gasteiger charge is 2.43. The van der Waals surface area contributed by atoms with Gasteiger partial charge in [0.2, 0.25) is 0 Å². The molecule has 114 valence electrons. The van der Waals surface area contributed by atoms with E-state index in [4.69, 9.17) is 15.2 Å². The predicted octanol–water partition coefficient (Wildman–Crippen LogP) is 1.43. The summed E-state index contributed by atoms with van der Waals surface area (Å²) in [5.41, 5.74) is 5.20. The second-order valence-electron chi connectivity index (χ2n) is 4.29. The van der Waals surface area contributed by atoms with Gasteiger partial charge in [0.25, 0.3) is 0 Å². The summed E-state index contributed by atoms with van der Waals surface area (Å²) in [5.74, 6) is -1.82. The number of hydrogen-bond donors (Lipinski definition) is 1. The molecule has 0 bridgehead atoms. The van der Waals surface area contributed by atoms with Gasteiger partial charge < -0.3 is 15.2 Å². The van der Waals surface area contributed by atoms with Gasteiger partial charge in [-0.25, -0.2) is 0 Å². The number of nitrogens with zero attached hydrogens (tertiary/aromatic N) is 1. The second kappa shape index (κ2) is 8.68. The lowest BCUT2D eigenvalue weighted by Gasteiger charge is -2.32. The first-order valence-corrected chi connectivity index (χ1v) is 6.22. The molecule has 0 aliphatic heterocycles. The molecule has 2 unspecified atom stereocenters. The molecule has 0 spiro atoms. The molecule has 0 saturated heterocycles. The van der Waals surface area contributed by atoms with Crippen LogP contribution in [0.1, 0.15) is 6.92 Å². The van der Waals surface area contributed by atoms with E-state index in [1.165, 1.54) is 14.2 Å². The summed E-state index contributed by atoms with van der Waals surface area (Å²) in [7, 11) is 2.99. The van der Waals surface area contributed by atoms with Crippen LogP contribution >= 0.6 is 12.2 Å². The van der Waals surface area contributed by atoms with Crippen LogP contribution in [0.5, 0.6) is 0 Å². The van der Waals surface area contributed by atoms with Crippen LogP contribution in [0.4, 0.5) is 13.2 Å². The first-order chi connectivity index (χ1) is 8.73. The van der Waals surface area contributed by atoms with Crippen molar-refractivity contribution in [3.63, 3.8) is 0 Å². The fourth-order valence-electron chi connectivity index (χ4n) is 1.64. The lowest BCUT2D eigenvalue weighted by molar-refractivity contribution is -0.161. The third kappa shape index (κ3) is 7.05. The number of hydrogen-bond acceptors (Lipinski definition) is 4. The van der Waals surface area contributed by atoms with E-state index in [2.05, 4.69) is 12.2 Å². The van der Waals surface area contributed by atoms with Gasteiger partial charge in [-0.05, 0) is 6.92 Å². The van der Waals surface area contributed by atoms with Crippen molar-refractivity contribution >= 4 is 17.2 Å². The molecule has 0 fully saturated rings. The highest BCUT2D eigenvalue weighted by Crippen LogP contribution is 2.27. The number of halogens is 3. The third-order valence-electron chi connectivity index (χ3n) is 2.77. The summed E-state index contributed by atoms with van der Waals surface area (Å²) in [6.07, 6.45) is -4.44. The van der Waals surface area contributed by atoms with E-state index in [-0.39, 0.29) is 12.6 Å². The number of nitrogens with two attached hydrogens (primary N) is 1. The van der Waals surface area contributed by atoms with E-state index < -0.39 is 17.1 Å². The molecule has 8 heteroatoms. The van der Waals surface area contributed by atoms with E-state index in [1.54, 1.807) is 11.8 Å². The topological polar surface area (TPSA) is 47.7 Å². The Morgan fingerprint density at radius 1 is 1.32 bits per heavy atom. The lowest BCUT2D eigenvalue weighted by Crippen LogP contribution is -2.48. The zero-order valence-electron chi connectivity index (χ0n) is 11.4. The van der Waals surface area contributed by atoms with E-state index in [0.717, 1.165) is 0 Å². The standard InChI is InChI=1S/C11H21F3N2O2S/c1-8(7-18-3)16(4-5-17-2)6-9(10(15)19)11(12,13)14/h8-9H,4-7H2,1-3H3,(H2,15,19). The minimum Gasteiger partial charge on any atom is -0.393 e. The number of thiocarbonyl (C=S) groups is 1. The number of rotatable bonds is 9. The Labute approximate surface area is 117 Å². The van der Waals surface area contributed by atoms with Crippen LogP contribution in [0.25, 0.3) is 0 Å². The summed E-state index contributed by atoms with van der Waals surface area (Å²) in [6, 6.07) is -0.181. The monoisotopic (exact) mass is 302 g/mol. The Balaban J connectivity index is 4.79. The molecule has 0 aliphatic carbocycles. The molecule has 0 rings (SSSR count). The van der Waals surface area contributed by atoms with Gasteiger partial charge in [-0.3, -0.25) is 4.90 Å². The number of methoxy groups -OCH3 is 2. The quantitative estimate of drug-likeness (QED) is 0.653. The third-order valence-corrected chi connectivity index (χ3v) is 3.05. The molecule has 0 aliphatic rings. The normalized spacial score (nSPS) is 15.5. The van der Waals surface area contributed by atoms with E-state index >= 15 is 0 Å². The van der Waals surface area contributed by atoms with Crippen LogP contribution in [0, 0.1) is 5.92 Å². The second-order valence-corrected chi connectivity index (χ2v) is 4.76. The predicted molar refractivity (Wildman–Crippen MR) is 71.1 cm³/mol. The van der Waals surface area contributed by atoms with Crippen molar-refractivity contribution in [2.24, 2.45) is 11.7 Å². The minimum absolute atomic E-state index is 0.181. The van der Waals surface area contributed by atoms with Gasteiger partial charge in [-0.15, -0.1) is 0 Å². The average molecular weight is 302 g/mol. The molecule has 0 aromatic rings. The zero-order valence-corrected chi connectivity index (χ0v) is 12.2. The van der Waals surface area contributed by atoms with Gasteiger partial charge in [-0.1, -0.05) is 12.2 Å². The van der Waals surface area contributed by atoms with Gasteiger partial charge in [0.15, 0.2) is 0 Å². The van der Waals surface area contributed by atoms with Crippen LogP contribution in [0.2, 0.25) is 0 Å². The molecule has 0 aromatic carbocycles. The molecular formula is C11H21F3N2O2S. The average Bonchev–Trinajstić information content (AvgIpc) is 2.27. The highest BCUT2D eigenvalue weighted by molar-refractivity contribution is 7.80. The lowest BCUT2D eigenvalue weighted by atomic mass is 10.1. The van der Waals surface area contributed by atoms with Crippen LogP contribution in [0.3, 0.4) is 0 Å². The highest BCUT2D eigenvalue weighted by atomic mass is 32.1. The first kappa shape index (κ1) is 18.6. The molecule has 19 heavy (non-hydrogen) atoms. The summed E-state index contributed by atoms with van der Waals surface area (Å²) in [4.78, 5) is 1.07. The maximum absolute atomic E-state index is 12.8. The van der Waals surface area contributed by atoms with Crippen LogP contribution in [-0.4, -0.2) is 62.6 Å². The van der Waals surface area contributed by atoms with Gasteiger partial charge in [0.1, 0.15) is 5.92 Å². The Bertz CT molecular complexity index is 277. The maximum Gasteiger partial charge on any atom is 0.399 e. The SMILES string of the molecule is COCCN(CC(C(N)=S)C(F)(F)F)C(C)COC. The van der Waals surface area contributed by atoms with E-state index in [9.17, 15) is 13.2 Å². The number of alkyl halides is 3. The van der Waals surface area contributed by atoms with E-state index in [1.807, 2.05) is 0 Å². The molecule has 0 heterocycles. The zero-order chi connectivity index (χ0) is 15.1. The molecular weight excluding hydrogens is 281 g/mol. The van der Waals surface area contributed by atoms with E-state index in [0.29, 0.717) is 19.8 Å². The molecule has 2 atom stereocenters. The van der Waals surface area contributed by atoms with Crippen molar-refractivity contribution in [3.05, 3.63) is 0 Å². The van der Waals surface area contributed by atoms with Crippen molar-refractivity contribution in [1.29, 1.82) is 0 Å². The minimum atomic E-state index is -4.44. The van der Waals surface area contributed by atoms with Crippen LogP contribution < -0.4 is 5.73 Å². The Morgan fingerprint density at radius 2 is 1.89 bits per heavy atom. The summed E-state index contributed by atoms with van der Waals surface area (Å²) in [5, 5.41) is 0.